The summed E-state index contributed by atoms with van der Waals surface area (Å²) in [7, 11) is -7.20. The molecule has 1 N–H and O–H groups in total. The minimum Gasteiger partial charge on any atom is -0.296 e. The van der Waals surface area contributed by atoms with Crippen LogP contribution in [0.1, 0.15) is 5.56 Å². The first-order chi connectivity index (χ1) is 13.4. The van der Waals surface area contributed by atoms with Crippen molar-refractivity contribution in [2.24, 2.45) is 0 Å². The summed E-state index contributed by atoms with van der Waals surface area (Å²) in [4.78, 5) is 2.35. The summed E-state index contributed by atoms with van der Waals surface area (Å²) in [5.41, 5.74) is 1.20. The number of nitrogens with zero attached hydrogens (tertiary/aromatic N) is 2. The average molecular weight is 424 g/mol. The maximum Gasteiger partial charge on any atom is 0.240 e. The van der Waals surface area contributed by atoms with Crippen LogP contribution in [0.15, 0.2) is 65.6 Å². The lowest BCUT2D eigenvalue weighted by Crippen LogP contribution is -2.49. The smallest absolute Gasteiger partial charge is 0.240 e. The summed E-state index contributed by atoms with van der Waals surface area (Å²) < 4.78 is 53.3. The topological polar surface area (TPSA) is 86.8 Å². The Morgan fingerprint density at radius 3 is 1.96 bits per heavy atom. The third kappa shape index (κ3) is 5.62. The van der Waals surface area contributed by atoms with Gasteiger partial charge < -0.3 is 0 Å². The summed E-state index contributed by atoms with van der Waals surface area (Å²) in [5, 5.41) is 0. The predicted molar refractivity (Wildman–Crippen MR) is 109 cm³/mol. The fraction of sp³-hybridized carbons (Fsp3) is 0.368. The quantitative estimate of drug-likeness (QED) is 0.687. The van der Waals surface area contributed by atoms with Gasteiger partial charge in [0.25, 0.3) is 0 Å². The highest BCUT2D eigenvalue weighted by molar-refractivity contribution is 7.90. The van der Waals surface area contributed by atoms with Crippen LogP contribution in [0.4, 0.5) is 0 Å². The second-order valence-electron chi connectivity index (χ2n) is 6.69. The number of benzene rings is 2. The van der Waals surface area contributed by atoms with Gasteiger partial charge in [-0.1, -0.05) is 48.5 Å². The van der Waals surface area contributed by atoms with Crippen molar-refractivity contribution in [2.45, 2.75) is 11.4 Å². The summed E-state index contributed by atoms with van der Waals surface area (Å²) in [6, 6.07) is 18.0. The normalized spacial score (nSPS) is 16.9. The van der Waals surface area contributed by atoms with Crippen LogP contribution in [0.25, 0.3) is 0 Å². The lowest BCUT2D eigenvalue weighted by molar-refractivity contribution is 0.181. The predicted octanol–water partition coefficient (Wildman–Crippen LogP) is 1.11. The van der Waals surface area contributed by atoms with Crippen LogP contribution < -0.4 is 4.72 Å². The van der Waals surface area contributed by atoms with Crippen molar-refractivity contribution in [3.63, 3.8) is 0 Å². The summed E-state index contributed by atoms with van der Waals surface area (Å²) in [5.74, 6) is -0.252. The standard InChI is InChI=1S/C19H25N3O4S2/c23-27(24,16-11-20-28(25,26)19-9-5-2-6-10-19)22-14-12-21(13-15-22)17-18-7-3-1-4-8-18/h1-10,20H,11-17H2. The van der Waals surface area contributed by atoms with Gasteiger partial charge in [-0.05, 0) is 17.7 Å². The van der Waals surface area contributed by atoms with Crippen LogP contribution in [0.5, 0.6) is 0 Å². The first-order valence-electron chi connectivity index (χ1n) is 9.16. The minimum atomic E-state index is -3.70. The van der Waals surface area contributed by atoms with Gasteiger partial charge in [-0.15, -0.1) is 0 Å². The molecule has 152 valence electrons. The molecule has 0 aromatic heterocycles. The molecule has 1 aliphatic rings. The number of sulfonamides is 2. The Morgan fingerprint density at radius 2 is 1.36 bits per heavy atom. The molecule has 1 aliphatic heterocycles. The van der Waals surface area contributed by atoms with E-state index in [1.807, 2.05) is 18.2 Å². The van der Waals surface area contributed by atoms with Gasteiger partial charge in [0.2, 0.25) is 20.0 Å². The van der Waals surface area contributed by atoms with Crippen molar-refractivity contribution < 1.29 is 16.8 Å². The van der Waals surface area contributed by atoms with E-state index < -0.39 is 20.0 Å². The number of hydrogen-bond donors (Lipinski definition) is 1. The van der Waals surface area contributed by atoms with Crippen molar-refractivity contribution in [3.05, 3.63) is 66.2 Å². The Hall–Kier alpha value is -1.78. The molecule has 1 heterocycles. The molecule has 0 atom stereocenters. The summed E-state index contributed by atoms with van der Waals surface area (Å²) >= 11 is 0. The summed E-state index contributed by atoms with van der Waals surface area (Å²) in [6.07, 6.45) is 0. The van der Waals surface area contributed by atoms with E-state index in [0.29, 0.717) is 26.2 Å². The van der Waals surface area contributed by atoms with Gasteiger partial charge in [0.15, 0.2) is 0 Å². The Kier molecular flexibility index (Phi) is 6.84. The highest BCUT2D eigenvalue weighted by Gasteiger charge is 2.27. The van der Waals surface area contributed by atoms with Crippen molar-refractivity contribution in [1.29, 1.82) is 0 Å². The van der Waals surface area contributed by atoms with E-state index in [2.05, 4.69) is 21.8 Å². The van der Waals surface area contributed by atoms with E-state index in [1.54, 1.807) is 18.2 Å². The molecular formula is C19H25N3O4S2. The number of rotatable bonds is 8. The first kappa shape index (κ1) is 20.9. The zero-order valence-electron chi connectivity index (χ0n) is 15.6. The van der Waals surface area contributed by atoms with Gasteiger partial charge in [0, 0.05) is 39.3 Å². The van der Waals surface area contributed by atoms with Crippen LogP contribution in [-0.2, 0) is 26.6 Å². The Morgan fingerprint density at radius 1 is 0.786 bits per heavy atom. The van der Waals surface area contributed by atoms with Crippen molar-refractivity contribution in [2.75, 3.05) is 38.5 Å². The molecule has 0 spiro atoms. The molecule has 1 fully saturated rings. The van der Waals surface area contributed by atoms with E-state index >= 15 is 0 Å². The molecule has 28 heavy (non-hydrogen) atoms. The average Bonchev–Trinajstić information content (AvgIpc) is 2.69. The zero-order valence-corrected chi connectivity index (χ0v) is 17.2. The lowest BCUT2D eigenvalue weighted by atomic mass is 10.2. The van der Waals surface area contributed by atoms with Crippen LogP contribution in [0, 0.1) is 0 Å². The maximum absolute atomic E-state index is 12.5. The van der Waals surface area contributed by atoms with Gasteiger partial charge in [-0.25, -0.2) is 21.6 Å². The van der Waals surface area contributed by atoms with E-state index in [1.165, 1.54) is 22.0 Å². The van der Waals surface area contributed by atoms with Crippen LogP contribution in [0.2, 0.25) is 0 Å². The monoisotopic (exact) mass is 423 g/mol. The number of nitrogens with one attached hydrogen (secondary N) is 1. The summed E-state index contributed by atoms with van der Waals surface area (Å²) in [6.45, 7) is 2.80. The molecule has 0 radical (unpaired) electrons. The number of hydrogen-bond acceptors (Lipinski definition) is 5. The van der Waals surface area contributed by atoms with Crippen molar-refractivity contribution in [3.8, 4) is 0 Å². The molecule has 0 bridgehead atoms. The van der Waals surface area contributed by atoms with E-state index in [9.17, 15) is 16.8 Å². The fourth-order valence-corrected chi connectivity index (χ4v) is 5.64. The van der Waals surface area contributed by atoms with Crippen molar-refractivity contribution in [1.82, 2.24) is 13.9 Å². The molecule has 2 aromatic rings. The Labute approximate surface area is 167 Å². The zero-order chi connectivity index (χ0) is 20.0. The molecule has 0 saturated carbocycles. The molecule has 0 unspecified atom stereocenters. The van der Waals surface area contributed by atoms with E-state index in [0.717, 1.165) is 6.54 Å². The van der Waals surface area contributed by atoms with Gasteiger partial charge in [-0.2, -0.15) is 4.31 Å². The van der Waals surface area contributed by atoms with Gasteiger partial charge in [0.05, 0.1) is 10.6 Å². The molecule has 1 saturated heterocycles. The largest absolute Gasteiger partial charge is 0.296 e. The van der Waals surface area contributed by atoms with Gasteiger partial charge in [-0.3, -0.25) is 4.90 Å². The van der Waals surface area contributed by atoms with Crippen molar-refractivity contribution >= 4 is 20.0 Å². The molecule has 3 rings (SSSR count). The van der Waals surface area contributed by atoms with Crippen LogP contribution in [-0.4, -0.2) is 64.5 Å². The Bertz CT molecular complexity index is 957. The van der Waals surface area contributed by atoms with E-state index in [-0.39, 0.29) is 17.2 Å². The van der Waals surface area contributed by atoms with Gasteiger partial charge >= 0.3 is 0 Å². The fourth-order valence-electron chi connectivity index (χ4n) is 3.12. The second-order valence-corrected chi connectivity index (χ2v) is 10.5. The van der Waals surface area contributed by atoms with Crippen LogP contribution >= 0.6 is 0 Å². The van der Waals surface area contributed by atoms with Gasteiger partial charge in [0.1, 0.15) is 0 Å². The SMILES string of the molecule is O=S(=O)(NCCS(=O)(=O)N1CCN(Cc2ccccc2)CC1)c1ccccc1. The third-order valence-electron chi connectivity index (χ3n) is 4.68. The molecular weight excluding hydrogens is 398 g/mol. The van der Waals surface area contributed by atoms with Crippen LogP contribution in [0.3, 0.4) is 0 Å². The molecule has 0 aliphatic carbocycles. The minimum absolute atomic E-state index is 0.127. The van der Waals surface area contributed by atoms with E-state index in [4.69, 9.17) is 0 Å². The molecule has 0 amide bonds. The maximum atomic E-state index is 12.5. The lowest BCUT2D eigenvalue weighted by Gasteiger charge is -2.34. The highest BCUT2D eigenvalue weighted by atomic mass is 32.2. The first-order valence-corrected chi connectivity index (χ1v) is 12.2. The number of piperazine rings is 1. The molecule has 7 nitrogen and oxygen atoms in total. The molecule has 9 heteroatoms. The third-order valence-corrected chi connectivity index (χ3v) is 8.03. The second kappa shape index (κ2) is 9.15. The Balaban J connectivity index is 1.48. The molecule has 2 aromatic carbocycles. The highest BCUT2D eigenvalue weighted by Crippen LogP contribution is 2.12.